The molecular formula is C14H8N6O2. The first kappa shape index (κ1) is 12.3. The topological polar surface area (TPSA) is 110 Å². The van der Waals surface area contributed by atoms with Crippen LogP contribution in [0.2, 0.25) is 0 Å². The third kappa shape index (κ3) is 1.94. The zero-order valence-corrected chi connectivity index (χ0v) is 11.1. The lowest BCUT2D eigenvalue weighted by Crippen LogP contribution is -2.09. The van der Waals surface area contributed by atoms with Crippen LogP contribution in [0.15, 0.2) is 52.0 Å². The van der Waals surface area contributed by atoms with E-state index < -0.39 is 0 Å². The highest BCUT2D eigenvalue weighted by Gasteiger charge is 2.17. The summed E-state index contributed by atoms with van der Waals surface area (Å²) in [5.41, 5.74) is 0.135. The molecule has 1 aromatic carbocycles. The molecule has 0 aliphatic heterocycles. The third-order valence-electron chi connectivity index (χ3n) is 3.09. The van der Waals surface area contributed by atoms with Crippen molar-refractivity contribution >= 4 is 10.8 Å². The van der Waals surface area contributed by atoms with Gasteiger partial charge in [0.05, 0.1) is 5.39 Å². The van der Waals surface area contributed by atoms with Gasteiger partial charge in [-0.1, -0.05) is 23.4 Å². The second kappa shape index (κ2) is 4.85. The summed E-state index contributed by atoms with van der Waals surface area (Å²) >= 11 is 0. The molecule has 0 spiro atoms. The normalized spacial score (nSPS) is 10.9. The highest BCUT2D eigenvalue weighted by molar-refractivity contribution is 5.91. The Morgan fingerprint density at radius 2 is 1.73 bits per heavy atom. The molecule has 22 heavy (non-hydrogen) atoms. The third-order valence-corrected chi connectivity index (χ3v) is 3.09. The number of aromatic nitrogens is 6. The van der Waals surface area contributed by atoms with E-state index in [9.17, 15) is 4.79 Å². The molecular weight excluding hydrogens is 284 g/mol. The number of aromatic amines is 1. The molecule has 8 heteroatoms. The molecule has 106 valence electrons. The van der Waals surface area contributed by atoms with Gasteiger partial charge in [0.15, 0.2) is 5.69 Å². The Morgan fingerprint density at radius 1 is 0.955 bits per heavy atom. The summed E-state index contributed by atoms with van der Waals surface area (Å²) in [6, 6.07) is 8.76. The smallest absolute Gasteiger partial charge is 0.279 e. The Kier molecular flexibility index (Phi) is 2.72. The van der Waals surface area contributed by atoms with Gasteiger partial charge in [0, 0.05) is 17.8 Å². The van der Waals surface area contributed by atoms with E-state index in [1.54, 1.807) is 36.7 Å². The van der Waals surface area contributed by atoms with Crippen molar-refractivity contribution in [1.29, 1.82) is 0 Å². The summed E-state index contributed by atoms with van der Waals surface area (Å²) in [5, 5.41) is 11.4. The highest BCUT2D eigenvalue weighted by atomic mass is 16.5. The quantitative estimate of drug-likeness (QED) is 0.595. The minimum absolute atomic E-state index is 0.190. The van der Waals surface area contributed by atoms with Gasteiger partial charge in [-0.15, -0.1) is 0 Å². The summed E-state index contributed by atoms with van der Waals surface area (Å²) in [7, 11) is 0. The lowest BCUT2D eigenvalue weighted by atomic mass is 10.1. The van der Waals surface area contributed by atoms with Crippen LogP contribution < -0.4 is 5.56 Å². The van der Waals surface area contributed by atoms with Crippen molar-refractivity contribution in [3.63, 3.8) is 0 Å². The minimum Gasteiger partial charge on any atom is -0.332 e. The van der Waals surface area contributed by atoms with Gasteiger partial charge in [-0.3, -0.25) is 4.79 Å². The van der Waals surface area contributed by atoms with Gasteiger partial charge in [-0.25, -0.2) is 15.1 Å². The minimum atomic E-state index is -0.273. The standard InChI is InChI=1S/C14H8N6O2/c21-13-9-5-2-1-4-8(9)10(18-19-13)14-17-12(20-22-14)11-15-6-3-7-16-11/h1-7H,(H,19,21). The van der Waals surface area contributed by atoms with Crippen LogP contribution in [0.25, 0.3) is 34.0 Å². The number of hydrogen-bond donors (Lipinski definition) is 1. The Morgan fingerprint density at radius 3 is 2.55 bits per heavy atom. The Bertz CT molecular complexity index is 1010. The van der Waals surface area contributed by atoms with Gasteiger partial charge in [0.25, 0.3) is 11.4 Å². The zero-order chi connectivity index (χ0) is 14.9. The molecule has 0 saturated heterocycles. The summed E-state index contributed by atoms with van der Waals surface area (Å²) in [4.78, 5) is 24.1. The van der Waals surface area contributed by atoms with Crippen molar-refractivity contribution in [3.8, 4) is 23.2 Å². The fourth-order valence-electron chi connectivity index (χ4n) is 2.10. The van der Waals surface area contributed by atoms with E-state index in [1.807, 2.05) is 6.07 Å². The van der Waals surface area contributed by atoms with Crippen molar-refractivity contribution in [2.45, 2.75) is 0 Å². The van der Waals surface area contributed by atoms with Crippen LogP contribution in [-0.2, 0) is 0 Å². The maximum atomic E-state index is 11.8. The van der Waals surface area contributed by atoms with Crippen LogP contribution >= 0.6 is 0 Å². The predicted molar refractivity (Wildman–Crippen MR) is 76.7 cm³/mol. The van der Waals surface area contributed by atoms with E-state index in [0.29, 0.717) is 22.3 Å². The van der Waals surface area contributed by atoms with E-state index >= 15 is 0 Å². The molecule has 0 aliphatic carbocycles. The van der Waals surface area contributed by atoms with Gasteiger partial charge < -0.3 is 4.52 Å². The molecule has 0 saturated carbocycles. The van der Waals surface area contributed by atoms with Gasteiger partial charge in [0.1, 0.15) is 0 Å². The maximum absolute atomic E-state index is 11.8. The van der Waals surface area contributed by atoms with E-state index in [4.69, 9.17) is 4.52 Å². The zero-order valence-electron chi connectivity index (χ0n) is 11.1. The number of nitrogens with one attached hydrogen (secondary N) is 1. The molecule has 4 aromatic rings. The lowest BCUT2D eigenvalue weighted by Gasteiger charge is -1.99. The van der Waals surface area contributed by atoms with Crippen LogP contribution in [0, 0.1) is 0 Å². The van der Waals surface area contributed by atoms with Crippen LogP contribution in [0.3, 0.4) is 0 Å². The predicted octanol–water partition coefficient (Wildman–Crippen LogP) is 1.43. The molecule has 3 aromatic heterocycles. The van der Waals surface area contributed by atoms with Gasteiger partial charge in [0.2, 0.25) is 11.6 Å². The van der Waals surface area contributed by atoms with Crippen LogP contribution in [0.1, 0.15) is 0 Å². The SMILES string of the molecule is O=c1[nH]nc(-c2nc(-c3ncccn3)no2)c2ccccc12. The summed E-state index contributed by atoms with van der Waals surface area (Å²) in [6.07, 6.45) is 3.18. The number of nitrogens with zero attached hydrogens (tertiary/aromatic N) is 5. The average molecular weight is 292 g/mol. The van der Waals surface area contributed by atoms with Crippen LogP contribution in [0.4, 0.5) is 0 Å². The average Bonchev–Trinajstić information content (AvgIpc) is 3.06. The molecule has 0 radical (unpaired) electrons. The number of hydrogen-bond acceptors (Lipinski definition) is 7. The number of benzene rings is 1. The molecule has 3 heterocycles. The van der Waals surface area contributed by atoms with Crippen molar-refractivity contribution < 1.29 is 4.52 Å². The molecule has 1 N–H and O–H groups in total. The molecule has 0 atom stereocenters. The molecule has 0 fully saturated rings. The van der Waals surface area contributed by atoms with Crippen LogP contribution in [0.5, 0.6) is 0 Å². The van der Waals surface area contributed by atoms with Gasteiger partial charge in [-0.05, 0) is 12.1 Å². The van der Waals surface area contributed by atoms with Crippen molar-refractivity contribution in [3.05, 3.63) is 53.1 Å². The van der Waals surface area contributed by atoms with E-state index in [0.717, 1.165) is 0 Å². The molecule has 4 rings (SSSR count). The summed E-state index contributed by atoms with van der Waals surface area (Å²) in [5.74, 6) is 0.800. The highest BCUT2D eigenvalue weighted by Crippen LogP contribution is 2.23. The van der Waals surface area contributed by atoms with Crippen molar-refractivity contribution in [2.24, 2.45) is 0 Å². The monoisotopic (exact) mass is 292 g/mol. The number of H-pyrrole nitrogens is 1. The largest absolute Gasteiger partial charge is 0.332 e. The fourth-order valence-corrected chi connectivity index (χ4v) is 2.10. The lowest BCUT2D eigenvalue weighted by molar-refractivity contribution is 0.430. The van der Waals surface area contributed by atoms with E-state index in [2.05, 4.69) is 30.3 Å². The molecule has 0 bridgehead atoms. The second-order valence-electron chi connectivity index (χ2n) is 4.44. The van der Waals surface area contributed by atoms with E-state index in [-0.39, 0.29) is 17.3 Å². The second-order valence-corrected chi connectivity index (χ2v) is 4.44. The summed E-state index contributed by atoms with van der Waals surface area (Å²) < 4.78 is 5.23. The molecule has 8 nitrogen and oxygen atoms in total. The first-order valence-electron chi connectivity index (χ1n) is 6.42. The summed E-state index contributed by atoms with van der Waals surface area (Å²) in [6.45, 7) is 0. The number of fused-ring (bicyclic) bond motifs is 1. The fraction of sp³-hybridized carbons (Fsp3) is 0. The molecule has 0 amide bonds. The van der Waals surface area contributed by atoms with Gasteiger partial charge >= 0.3 is 0 Å². The van der Waals surface area contributed by atoms with Crippen molar-refractivity contribution in [2.75, 3.05) is 0 Å². The number of rotatable bonds is 2. The molecule has 0 aliphatic rings. The Labute approximate surface area is 122 Å². The van der Waals surface area contributed by atoms with Gasteiger partial charge in [-0.2, -0.15) is 10.1 Å². The Hall–Kier alpha value is -3.42. The Balaban J connectivity index is 1.89. The first-order valence-corrected chi connectivity index (χ1v) is 6.42. The van der Waals surface area contributed by atoms with Crippen molar-refractivity contribution in [1.82, 2.24) is 30.3 Å². The van der Waals surface area contributed by atoms with Crippen LogP contribution in [-0.4, -0.2) is 30.3 Å². The first-order chi connectivity index (χ1) is 10.8. The van der Waals surface area contributed by atoms with E-state index in [1.165, 1.54) is 0 Å². The molecule has 0 unspecified atom stereocenters. The maximum Gasteiger partial charge on any atom is 0.279 e.